The van der Waals surface area contributed by atoms with Gasteiger partial charge in [0.15, 0.2) is 0 Å². The van der Waals surface area contributed by atoms with Gasteiger partial charge in [0.05, 0.1) is 11.9 Å². The van der Waals surface area contributed by atoms with Crippen LogP contribution in [0.25, 0.3) is 0 Å². The van der Waals surface area contributed by atoms with Crippen molar-refractivity contribution in [3.63, 3.8) is 0 Å². The SMILES string of the molecule is Clc1cccc(COc2cccc(C=NNc3ccccc3)c2)c1. The van der Waals surface area contributed by atoms with Crippen molar-refractivity contribution in [2.24, 2.45) is 5.10 Å². The quantitative estimate of drug-likeness (QED) is 0.485. The van der Waals surface area contributed by atoms with Crippen molar-refractivity contribution in [1.29, 1.82) is 0 Å². The molecule has 0 aliphatic carbocycles. The van der Waals surface area contributed by atoms with Crippen molar-refractivity contribution in [1.82, 2.24) is 0 Å². The first-order valence-corrected chi connectivity index (χ1v) is 7.99. The zero-order valence-corrected chi connectivity index (χ0v) is 13.8. The van der Waals surface area contributed by atoms with Gasteiger partial charge in [-0.15, -0.1) is 0 Å². The van der Waals surface area contributed by atoms with E-state index in [2.05, 4.69) is 10.5 Å². The minimum absolute atomic E-state index is 0.476. The van der Waals surface area contributed by atoms with Gasteiger partial charge in [-0.1, -0.05) is 54.1 Å². The normalized spacial score (nSPS) is 10.7. The average Bonchev–Trinajstić information content (AvgIpc) is 2.61. The van der Waals surface area contributed by atoms with Gasteiger partial charge in [0.2, 0.25) is 0 Å². The van der Waals surface area contributed by atoms with Crippen molar-refractivity contribution >= 4 is 23.5 Å². The van der Waals surface area contributed by atoms with Gasteiger partial charge in [0, 0.05) is 5.02 Å². The molecule has 3 nitrogen and oxygen atoms in total. The van der Waals surface area contributed by atoms with Gasteiger partial charge in [-0.3, -0.25) is 5.43 Å². The van der Waals surface area contributed by atoms with E-state index in [-0.39, 0.29) is 0 Å². The molecule has 3 rings (SSSR count). The molecule has 24 heavy (non-hydrogen) atoms. The van der Waals surface area contributed by atoms with Crippen molar-refractivity contribution < 1.29 is 4.74 Å². The van der Waals surface area contributed by atoms with Crippen LogP contribution in [0.15, 0.2) is 84.0 Å². The molecule has 4 heteroatoms. The molecule has 0 heterocycles. The maximum atomic E-state index is 5.98. The zero-order valence-electron chi connectivity index (χ0n) is 13.0. The van der Waals surface area contributed by atoms with Crippen LogP contribution in [-0.2, 0) is 6.61 Å². The van der Waals surface area contributed by atoms with E-state index >= 15 is 0 Å². The lowest BCUT2D eigenvalue weighted by Gasteiger charge is -2.07. The monoisotopic (exact) mass is 336 g/mol. The first-order valence-electron chi connectivity index (χ1n) is 7.61. The van der Waals surface area contributed by atoms with E-state index in [1.165, 1.54) is 0 Å². The van der Waals surface area contributed by atoms with Gasteiger partial charge in [0.25, 0.3) is 0 Å². The van der Waals surface area contributed by atoms with Crippen LogP contribution >= 0.6 is 11.6 Å². The summed E-state index contributed by atoms with van der Waals surface area (Å²) in [4.78, 5) is 0. The summed E-state index contributed by atoms with van der Waals surface area (Å²) in [6.07, 6.45) is 1.76. The molecular weight excluding hydrogens is 320 g/mol. The van der Waals surface area contributed by atoms with Crippen molar-refractivity contribution in [3.05, 3.63) is 95.0 Å². The molecule has 0 saturated carbocycles. The van der Waals surface area contributed by atoms with Gasteiger partial charge in [0.1, 0.15) is 12.4 Å². The topological polar surface area (TPSA) is 33.6 Å². The zero-order chi connectivity index (χ0) is 16.6. The highest BCUT2D eigenvalue weighted by molar-refractivity contribution is 6.30. The van der Waals surface area contributed by atoms with Gasteiger partial charge < -0.3 is 4.74 Å². The number of hydrogen-bond acceptors (Lipinski definition) is 3. The highest BCUT2D eigenvalue weighted by Gasteiger charge is 1.98. The summed E-state index contributed by atoms with van der Waals surface area (Å²) in [7, 11) is 0. The third-order valence-corrected chi connectivity index (χ3v) is 3.57. The number of rotatable bonds is 6. The Bertz CT molecular complexity index is 819. The lowest BCUT2D eigenvalue weighted by atomic mass is 10.2. The number of ether oxygens (including phenoxy) is 1. The summed E-state index contributed by atoms with van der Waals surface area (Å²) in [5, 5.41) is 4.95. The standard InChI is InChI=1S/C20H17ClN2O/c21-18-8-4-7-17(12-18)15-24-20-11-5-6-16(13-20)14-22-23-19-9-2-1-3-10-19/h1-14,23H,15H2. The molecular formula is C20H17ClN2O. The number of hydrogen-bond donors (Lipinski definition) is 1. The smallest absolute Gasteiger partial charge is 0.120 e. The molecule has 0 aliphatic rings. The Morgan fingerprint density at radius 1 is 0.917 bits per heavy atom. The molecule has 0 aliphatic heterocycles. The molecule has 0 aromatic heterocycles. The number of hydrazone groups is 1. The summed E-state index contributed by atoms with van der Waals surface area (Å²) in [6.45, 7) is 0.476. The molecule has 0 fully saturated rings. The first-order chi connectivity index (χ1) is 11.8. The predicted octanol–water partition coefficient (Wildman–Crippen LogP) is 5.37. The number of nitrogens with one attached hydrogen (secondary N) is 1. The summed E-state index contributed by atoms with van der Waals surface area (Å²) >= 11 is 5.98. The van der Waals surface area contributed by atoms with Crippen LogP contribution in [0.5, 0.6) is 5.75 Å². The molecule has 0 radical (unpaired) electrons. The number of nitrogens with zero attached hydrogens (tertiary/aromatic N) is 1. The van der Waals surface area contributed by atoms with Crippen molar-refractivity contribution in [3.8, 4) is 5.75 Å². The molecule has 0 spiro atoms. The van der Waals surface area contributed by atoms with Crippen molar-refractivity contribution in [2.75, 3.05) is 5.43 Å². The third kappa shape index (κ3) is 4.86. The largest absolute Gasteiger partial charge is 0.489 e. The molecule has 3 aromatic carbocycles. The van der Waals surface area contributed by atoms with Crippen LogP contribution in [0.3, 0.4) is 0 Å². The maximum Gasteiger partial charge on any atom is 0.120 e. The fourth-order valence-corrected chi connectivity index (χ4v) is 2.38. The number of halogens is 1. The minimum Gasteiger partial charge on any atom is -0.489 e. The van der Waals surface area contributed by atoms with Crippen LogP contribution in [0.2, 0.25) is 5.02 Å². The van der Waals surface area contributed by atoms with Gasteiger partial charge in [-0.05, 0) is 47.5 Å². The lowest BCUT2D eigenvalue weighted by molar-refractivity contribution is 0.306. The van der Waals surface area contributed by atoms with E-state index in [4.69, 9.17) is 16.3 Å². The fraction of sp³-hybridized carbons (Fsp3) is 0.0500. The molecule has 0 bridgehead atoms. The second-order valence-corrected chi connectivity index (χ2v) is 5.66. The van der Waals surface area contributed by atoms with E-state index in [0.717, 1.165) is 22.6 Å². The summed E-state index contributed by atoms with van der Waals surface area (Å²) in [5.74, 6) is 0.790. The first kappa shape index (κ1) is 16.1. The molecule has 0 amide bonds. The van der Waals surface area contributed by atoms with Crippen LogP contribution in [0.1, 0.15) is 11.1 Å². The Hall–Kier alpha value is -2.78. The lowest BCUT2D eigenvalue weighted by Crippen LogP contribution is -1.96. The number of anilines is 1. The highest BCUT2D eigenvalue weighted by atomic mass is 35.5. The Labute approximate surface area is 146 Å². The second-order valence-electron chi connectivity index (χ2n) is 5.23. The molecule has 3 aromatic rings. The second kappa shape index (κ2) is 8.18. The number of para-hydroxylation sites is 1. The Kier molecular flexibility index (Phi) is 5.48. The third-order valence-electron chi connectivity index (χ3n) is 3.33. The summed E-state index contributed by atoms with van der Waals surface area (Å²) in [6, 6.07) is 25.2. The Morgan fingerprint density at radius 2 is 1.75 bits per heavy atom. The van der Waals surface area contributed by atoms with Crippen LogP contribution in [-0.4, -0.2) is 6.21 Å². The van der Waals surface area contributed by atoms with Crippen LogP contribution < -0.4 is 10.2 Å². The average molecular weight is 337 g/mol. The predicted molar refractivity (Wildman–Crippen MR) is 99.9 cm³/mol. The molecule has 0 unspecified atom stereocenters. The molecule has 0 atom stereocenters. The highest BCUT2D eigenvalue weighted by Crippen LogP contribution is 2.16. The Balaban J connectivity index is 1.59. The van der Waals surface area contributed by atoms with E-state index in [1.807, 2.05) is 78.9 Å². The summed E-state index contributed by atoms with van der Waals surface area (Å²) in [5.41, 5.74) is 5.93. The van der Waals surface area contributed by atoms with E-state index in [0.29, 0.717) is 11.6 Å². The molecule has 1 N–H and O–H groups in total. The van der Waals surface area contributed by atoms with Gasteiger partial charge >= 0.3 is 0 Å². The van der Waals surface area contributed by atoms with E-state index < -0.39 is 0 Å². The van der Waals surface area contributed by atoms with E-state index in [1.54, 1.807) is 6.21 Å². The van der Waals surface area contributed by atoms with Gasteiger partial charge in [-0.25, -0.2) is 0 Å². The van der Waals surface area contributed by atoms with Crippen LogP contribution in [0, 0.1) is 0 Å². The fourth-order valence-electron chi connectivity index (χ4n) is 2.17. The van der Waals surface area contributed by atoms with Crippen LogP contribution in [0.4, 0.5) is 5.69 Å². The van der Waals surface area contributed by atoms with Crippen molar-refractivity contribution in [2.45, 2.75) is 6.61 Å². The molecule has 120 valence electrons. The number of benzene rings is 3. The Morgan fingerprint density at radius 3 is 2.58 bits per heavy atom. The molecule has 0 saturated heterocycles. The summed E-state index contributed by atoms with van der Waals surface area (Å²) < 4.78 is 5.81. The maximum absolute atomic E-state index is 5.98. The van der Waals surface area contributed by atoms with E-state index in [9.17, 15) is 0 Å². The minimum atomic E-state index is 0.476. The van der Waals surface area contributed by atoms with Gasteiger partial charge in [-0.2, -0.15) is 5.10 Å².